The highest BCUT2D eigenvalue weighted by Crippen LogP contribution is 2.40. The van der Waals surface area contributed by atoms with E-state index in [4.69, 9.17) is 24.1 Å². The SMILES string of the molecule is CCS(=O)(=O)c1ccc(C2=CCN(C(=O)c3cc(OC)c(C)cc3N)[C@H](CO[Si](C)(C)C(C)(C)C)C2)cc1.CCS(=O)(=O)c1ccc(C2=CCN(C(=O)c3cc(OC)c(C)cc3[N+](=O)[O-])[C@H](CO[Si](C)(C)C(C)(C)C)C2)cc1. The number of nitrogens with zero attached hydrogens (tertiary/aromatic N) is 3. The summed E-state index contributed by atoms with van der Waals surface area (Å²) in [5.74, 6) is 0.476. The summed E-state index contributed by atoms with van der Waals surface area (Å²) in [5.41, 5.74) is 12.1. The summed E-state index contributed by atoms with van der Waals surface area (Å²) in [6, 6.07) is 19.5. The summed E-state index contributed by atoms with van der Waals surface area (Å²) in [5, 5.41) is 11.9. The van der Waals surface area contributed by atoms with E-state index in [0.717, 1.165) is 27.8 Å². The number of amides is 2. The highest BCUT2D eigenvalue weighted by atomic mass is 32.2. The Morgan fingerprint density at radius 3 is 1.35 bits per heavy atom. The van der Waals surface area contributed by atoms with Crippen LogP contribution in [0.15, 0.2) is 94.7 Å². The molecule has 0 unspecified atom stereocenters. The van der Waals surface area contributed by atoms with Gasteiger partial charge in [0.2, 0.25) is 0 Å². The minimum atomic E-state index is -3.32. The van der Waals surface area contributed by atoms with Gasteiger partial charge < -0.3 is 33.9 Å². The van der Waals surface area contributed by atoms with Crippen LogP contribution >= 0.6 is 0 Å². The predicted molar refractivity (Wildman–Crippen MR) is 316 cm³/mol. The first kappa shape index (κ1) is 63.2. The predicted octanol–water partition coefficient (Wildman–Crippen LogP) is 11.7. The van der Waals surface area contributed by atoms with Crippen molar-refractivity contribution in [3.63, 3.8) is 0 Å². The Morgan fingerprint density at radius 2 is 1.00 bits per heavy atom. The van der Waals surface area contributed by atoms with Gasteiger partial charge in [0.15, 0.2) is 36.3 Å². The largest absolute Gasteiger partial charge is 0.496 e. The minimum Gasteiger partial charge on any atom is -0.496 e. The summed E-state index contributed by atoms with van der Waals surface area (Å²) < 4.78 is 73.0. The fraction of sp³-hybridized carbons (Fsp3) is 0.483. The molecule has 0 fully saturated rings. The molecule has 78 heavy (non-hydrogen) atoms. The van der Waals surface area contributed by atoms with Crippen molar-refractivity contribution < 1.29 is 49.7 Å². The van der Waals surface area contributed by atoms with Gasteiger partial charge in [-0.3, -0.25) is 19.7 Å². The summed E-state index contributed by atoms with van der Waals surface area (Å²) >= 11 is 0. The lowest BCUT2D eigenvalue weighted by molar-refractivity contribution is -0.385. The van der Waals surface area contributed by atoms with Crippen molar-refractivity contribution in [2.45, 2.75) is 140 Å². The molecule has 4 aromatic carbocycles. The standard InChI is InChI=1S/C29H40N2O7SSi.C29H42N2O5SSi/c1-9-39(35,36)24-12-10-21(11-13-24)22-14-15-30(23(17-22)19-38-40(7,8)29(3,4)5)28(32)25-18-27(37-6)20(2)16-26(25)31(33)34;1-9-37(33,34)24-12-10-21(11-13-24)22-14-15-31(23(17-22)19-36-38(7,8)29(3,4)5)28(32)25-18-27(35-6)20(2)16-26(25)30/h10-14,16,18,23H,9,15,17,19H2,1-8H3;10-14,16,18,23H,9,15,17,19,30H2,1-8H3/t2*23-/m00/s1. The van der Waals surface area contributed by atoms with Crippen LogP contribution in [0.4, 0.5) is 11.4 Å². The van der Waals surface area contributed by atoms with Gasteiger partial charge >= 0.3 is 0 Å². The molecule has 2 amide bonds. The van der Waals surface area contributed by atoms with Gasteiger partial charge in [-0.1, -0.05) is 91.8 Å². The molecule has 6 rings (SSSR count). The van der Waals surface area contributed by atoms with Gasteiger partial charge in [-0.2, -0.15) is 0 Å². The number of nitrogens with two attached hydrogens (primary N) is 1. The van der Waals surface area contributed by atoms with Gasteiger partial charge in [-0.25, -0.2) is 16.8 Å². The summed E-state index contributed by atoms with van der Waals surface area (Å²) in [4.78, 5) is 43.1. The van der Waals surface area contributed by atoms with Crippen LogP contribution in [-0.4, -0.2) is 124 Å². The molecule has 0 saturated heterocycles. The Hall–Kier alpha value is -5.65. The molecule has 426 valence electrons. The molecule has 16 nitrogen and oxygen atoms in total. The maximum absolute atomic E-state index is 13.9. The second-order valence-corrected chi connectivity index (χ2v) is 37.3. The number of benzene rings is 4. The fourth-order valence-electron chi connectivity index (χ4n) is 8.64. The van der Waals surface area contributed by atoms with Crippen molar-refractivity contribution in [3.05, 3.63) is 128 Å². The van der Waals surface area contributed by atoms with E-state index in [1.165, 1.54) is 19.2 Å². The van der Waals surface area contributed by atoms with E-state index in [2.05, 4.69) is 67.7 Å². The molecule has 0 aromatic heterocycles. The maximum atomic E-state index is 13.9. The number of nitro groups is 1. The van der Waals surface area contributed by atoms with Crippen LogP contribution in [0.1, 0.15) is 111 Å². The molecule has 0 saturated carbocycles. The van der Waals surface area contributed by atoms with Crippen molar-refractivity contribution in [1.82, 2.24) is 9.80 Å². The zero-order chi connectivity index (χ0) is 58.5. The minimum absolute atomic E-state index is 0.0227. The Labute approximate surface area is 465 Å². The molecule has 0 bridgehead atoms. The first-order chi connectivity index (χ1) is 36.1. The van der Waals surface area contributed by atoms with Crippen molar-refractivity contribution in [3.8, 4) is 11.5 Å². The van der Waals surface area contributed by atoms with Gasteiger partial charge in [0.05, 0.1) is 71.3 Å². The first-order valence-electron chi connectivity index (χ1n) is 26.3. The quantitative estimate of drug-likeness (QED) is 0.0451. The average Bonchev–Trinajstić information content (AvgIpc) is 3.39. The second-order valence-electron chi connectivity index (χ2n) is 23.1. The van der Waals surface area contributed by atoms with Crippen LogP contribution in [0, 0.1) is 24.0 Å². The molecule has 2 heterocycles. The number of nitrogen functional groups attached to an aromatic ring is 1. The summed E-state index contributed by atoms with van der Waals surface area (Å²) in [7, 11) is -7.78. The topological polar surface area (TPSA) is 215 Å². The number of carbonyl (C=O) groups is 2. The molecule has 2 aliphatic rings. The number of hydrogen-bond acceptors (Lipinski definition) is 13. The first-order valence-corrected chi connectivity index (χ1v) is 35.5. The Kier molecular flexibility index (Phi) is 20.1. The number of rotatable bonds is 17. The molecular formula is C58H82N4O12S2Si2. The molecule has 2 atom stereocenters. The van der Waals surface area contributed by atoms with E-state index < -0.39 is 47.1 Å². The van der Waals surface area contributed by atoms with Crippen molar-refractivity contribution in [2.24, 2.45) is 0 Å². The van der Waals surface area contributed by atoms with E-state index in [0.29, 0.717) is 59.2 Å². The Balaban J connectivity index is 0.000000288. The Morgan fingerprint density at radius 1 is 0.641 bits per heavy atom. The van der Waals surface area contributed by atoms with Crippen LogP contribution in [0.25, 0.3) is 11.1 Å². The number of methoxy groups -OCH3 is 2. The third kappa shape index (κ3) is 14.6. The van der Waals surface area contributed by atoms with E-state index in [-0.39, 0.29) is 68.9 Å². The molecule has 0 spiro atoms. The normalized spacial score (nSPS) is 16.6. The van der Waals surface area contributed by atoms with Crippen molar-refractivity contribution >= 4 is 70.6 Å². The molecule has 0 radical (unpaired) electrons. The smallest absolute Gasteiger partial charge is 0.282 e. The van der Waals surface area contributed by atoms with Gasteiger partial charge in [0.1, 0.15) is 17.1 Å². The highest BCUT2D eigenvalue weighted by Gasteiger charge is 2.41. The average molecular weight is 1150 g/mol. The number of hydrogen-bond donors (Lipinski definition) is 1. The zero-order valence-electron chi connectivity index (χ0n) is 48.5. The van der Waals surface area contributed by atoms with Crippen molar-refractivity contribution in [1.29, 1.82) is 0 Å². The monoisotopic (exact) mass is 1150 g/mol. The van der Waals surface area contributed by atoms with Gasteiger partial charge in [0.25, 0.3) is 17.5 Å². The van der Waals surface area contributed by atoms with Crippen LogP contribution in [0.2, 0.25) is 36.3 Å². The van der Waals surface area contributed by atoms with Crippen LogP contribution in [0.5, 0.6) is 11.5 Å². The van der Waals surface area contributed by atoms with E-state index >= 15 is 0 Å². The second kappa shape index (κ2) is 24.8. The number of sulfone groups is 2. The van der Waals surface area contributed by atoms with Crippen molar-refractivity contribution in [2.75, 3.05) is 57.8 Å². The summed E-state index contributed by atoms with van der Waals surface area (Å²) in [6.45, 7) is 29.8. The fourth-order valence-corrected chi connectivity index (χ4v) is 12.5. The number of nitro benzene ring substituents is 1. The number of anilines is 1. The number of carbonyl (C=O) groups excluding carboxylic acids is 2. The lowest BCUT2D eigenvalue weighted by Gasteiger charge is -2.41. The third-order valence-corrected chi connectivity index (χ3v) is 28.4. The van der Waals surface area contributed by atoms with Gasteiger partial charge in [-0.05, 0) is 133 Å². The third-order valence-electron chi connectivity index (χ3n) is 15.9. The molecule has 20 heteroatoms. The van der Waals surface area contributed by atoms with E-state index in [1.807, 2.05) is 36.1 Å². The molecule has 2 N–H and O–H groups in total. The number of ether oxygens (including phenoxy) is 2. The van der Waals surface area contributed by atoms with Crippen LogP contribution < -0.4 is 15.2 Å². The lowest BCUT2D eigenvalue weighted by Crippen LogP contribution is -2.49. The molecular weight excluding hydrogens is 1060 g/mol. The van der Waals surface area contributed by atoms with Gasteiger partial charge in [-0.15, -0.1) is 0 Å². The number of aryl methyl sites for hydroxylation is 2. The van der Waals surface area contributed by atoms with Crippen LogP contribution in [0.3, 0.4) is 0 Å². The molecule has 2 aliphatic heterocycles. The zero-order valence-corrected chi connectivity index (χ0v) is 52.2. The molecule has 4 aromatic rings. The lowest BCUT2D eigenvalue weighted by atomic mass is 9.93. The maximum Gasteiger partial charge on any atom is 0.282 e. The van der Waals surface area contributed by atoms with E-state index in [1.54, 1.807) is 81.3 Å². The van der Waals surface area contributed by atoms with Gasteiger partial charge in [0, 0.05) is 30.9 Å². The molecule has 0 aliphatic carbocycles. The van der Waals surface area contributed by atoms with E-state index in [9.17, 15) is 36.5 Å². The van der Waals surface area contributed by atoms with Crippen LogP contribution in [-0.2, 0) is 28.5 Å². The Bertz CT molecular complexity index is 3140. The summed E-state index contributed by atoms with van der Waals surface area (Å²) in [6.07, 6.45) is 4.99. The highest BCUT2D eigenvalue weighted by molar-refractivity contribution is 7.91.